The highest BCUT2D eigenvalue weighted by atomic mass is 16.4. The van der Waals surface area contributed by atoms with Crippen LogP contribution in [0.4, 0.5) is 0 Å². The lowest BCUT2D eigenvalue weighted by molar-refractivity contribution is -0.137. The molecule has 1 aromatic heterocycles. The van der Waals surface area contributed by atoms with Crippen molar-refractivity contribution in [3.8, 4) is 5.69 Å². The van der Waals surface area contributed by atoms with Crippen molar-refractivity contribution in [3.63, 3.8) is 0 Å². The van der Waals surface area contributed by atoms with E-state index >= 15 is 0 Å². The van der Waals surface area contributed by atoms with Crippen molar-refractivity contribution in [2.24, 2.45) is 5.92 Å². The summed E-state index contributed by atoms with van der Waals surface area (Å²) in [6.45, 7) is 1.32. The van der Waals surface area contributed by atoms with Crippen LogP contribution >= 0.6 is 0 Å². The number of rotatable bonds is 5. The second-order valence-corrected chi connectivity index (χ2v) is 6.00. The van der Waals surface area contributed by atoms with Crippen LogP contribution in [0.25, 0.3) is 5.69 Å². The molecule has 2 aromatic rings. The largest absolute Gasteiger partial charge is 0.481 e. The lowest BCUT2D eigenvalue weighted by Crippen LogP contribution is -2.40. The van der Waals surface area contributed by atoms with Crippen LogP contribution in [0.15, 0.2) is 30.6 Å². The molecule has 8 nitrogen and oxygen atoms in total. The quantitative estimate of drug-likeness (QED) is 0.889. The lowest BCUT2D eigenvalue weighted by Gasteiger charge is -2.32. The Kier molecular flexibility index (Phi) is 4.83. The van der Waals surface area contributed by atoms with E-state index in [9.17, 15) is 9.59 Å². The van der Waals surface area contributed by atoms with E-state index in [1.165, 1.54) is 11.0 Å². The van der Waals surface area contributed by atoms with Crippen molar-refractivity contribution in [1.29, 1.82) is 0 Å². The molecule has 0 spiro atoms. The maximum atomic E-state index is 12.8. The summed E-state index contributed by atoms with van der Waals surface area (Å²) in [6.07, 6.45) is 4.13. The van der Waals surface area contributed by atoms with Crippen LogP contribution in [0.1, 0.15) is 36.0 Å². The molecule has 2 heterocycles. The fourth-order valence-electron chi connectivity index (χ4n) is 3.06. The van der Waals surface area contributed by atoms with Crippen LogP contribution < -0.4 is 0 Å². The average molecular weight is 329 g/mol. The molecular formula is C16H19N5O3. The molecular weight excluding hydrogens is 310 g/mol. The number of benzene rings is 1. The molecule has 1 aliphatic rings. The van der Waals surface area contributed by atoms with Crippen LogP contribution in [0.3, 0.4) is 0 Å². The van der Waals surface area contributed by atoms with Crippen molar-refractivity contribution in [2.45, 2.75) is 25.7 Å². The number of hydrogen-bond donors (Lipinski definition) is 1. The zero-order valence-corrected chi connectivity index (χ0v) is 13.2. The van der Waals surface area contributed by atoms with Gasteiger partial charge in [-0.1, -0.05) is 6.07 Å². The second kappa shape index (κ2) is 7.20. The number of likely N-dealkylation sites (tertiary alicyclic amines) is 1. The summed E-state index contributed by atoms with van der Waals surface area (Å²) in [5.41, 5.74) is 1.31. The monoisotopic (exact) mass is 329 g/mol. The van der Waals surface area contributed by atoms with Gasteiger partial charge in [0.05, 0.1) is 5.69 Å². The molecule has 0 aliphatic carbocycles. The van der Waals surface area contributed by atoms with Crippen LogP contribution in [0.2, 0.25) is 0 Å². The Bertz CT molecular complexity index is 716. The molecule has 8 heteroatoms. The minimum absolute atomic E-state index is 0.0371. The summed E-state index contributed by atoms with van der Waals surface area (Å²) in [4.78, 5) is 25.3. The fourth-order valence-corrected chi connectivity index (χ4v) is 3.06. The Morgan fingerprint density at radius 2 is 2.21 bits per heavy atom. The first-order chi connectivity index (χ1) is 11.6. The predicted molar refractivity (Wildman–Crippen MR) is 84.7 cm³/mol. The topological polar surface area (TPSA) is 101 Å². The van der Waals surface area contributed by atoms with Gasteiger partial charge in [0.15, 0.2) is 0 Å². The van der Waals surface area contributed by atoms with Gasteiger partial charge >= 0.3 is 5.97 Å². The highest BCUT2D eigenvalue weighted by Crippen LogP contribution is 2.23. The first-order valence-corrected chi connectivity index (χ1v) is 7.98. The molecule has 24 heavy (non-hydrogen) atoms. The molecule has 0 bridgehead atoms. The second-order valence-electron chi connectivity index (χ2n) is 6.00. The number of carboxylic acid groups (broad SMARTS) is 1. The highest BCUT2D eigenvalue weighted by molar-refractivity contribution is 5.94. The van der Waals surface area contributed by atoms with Gasteiger partial charge in [-0.2, -0.15) is 0 Å². The van der Waals surface area contributed by atoms with Crippen molar-refractivity contribution in [1.82, 2.24) is 25.1 Å². The normalized spacial score (nSPS) is 17.7. The Balaban J connectivity index is 1.69. The van der Waals surface area contributed by atoms with Crippen molar-refractivity contribution >= 4 is 11.9 Å². The number of amides is 1. The lowest BCUT2D eigenvalue weighted by atomic mass is 9.93. The Morgan fingerprint density at radius 1 is 1.33 bits per heavy atom. The third kappa shape index (κ3) is 3.76. The van der Waals surface area contributed by atoms with Gasteiger partial charge in [0.25, 0.3) is 5.91 Å². The molecule has 0 saturated carbocycles. The van der Waals surface area contributed by atoms with E-state index in [0.717, 1.165) is 18.5 Å². The standard InChI is InChI=1S/C16H19N5O3/c22-15(23)7-6-12-3-2-8-20(10-12)16(24)13-4-1-5-14(9-13)21-11-17-18-19-21/h1,4-5,9,11-12H,2-3,6-8,10H2,(H,22,23). The van der Waals surface area contributed by atoms with E-state index in [2.05, 4.69) is 15.5 Å². The Hall–Kier alpha value is -2.77. The minimum atomic E-state index is -0.785. The summed E-state index contributed by atoms with van der Waals surface area (Å²) in [6, 6.07) is 7.17. The number of hydrogen-bond acceptors (Lipinski definition) is 5. The zero-order chi connectivity index (χ0) is 16.9. The first kappa shape index (κ1) is 16.1. The number of carboxylic acids is 1. The van der Waals surface area contributed by atoms with Crippen molar-refractivity contribution in [2.75, 3.05) is 13.1 Å². The van der Waals surface area contributed by atoms with Gasteiger partial charge in [-0.15, -0.1) is 5.10 Å². The summed E-state index contributed by atoms with van der Waals surface area (Å²) in [7, 11) is 0. The number of nitrogens with zero attached hydrogens (tertiary/aromatic N) is 5. The maximum absolute atomic E-state index is 12.8. The molecule has 1 amide bonds. The van der Waals surface area contributed by atoms with Gasteiger partial charge in [0.1, 0.15) is 6.33 Å². The third-order valence-electron chi connectivity index (χ3n) is 4.28. The first-order valence-electron chi connectivity index (χ1n) is 7.98. The number of carbonyl (C=O) groups excluding carboxylic acids is 1. The van der Waals surface area contributed by atoms with E-state index in [0.29, 0.717) is 25.1 Å². The number of aliphatic carboxylic acids is 1. The molecule has 3 rings (SSSR count). The number of carbonyl (C=O) groups is 2. The molecule has 1 N–H and O–H groups in total. The highest BCUT2D eigenvalue weighted by Gasteiger charge is 2.25. The molecule has 1 aromatic carbocycles. The minimum Gasteiger partial charge on any atom is -0.481 e. The molecule has 1 fully saturated rings. The average Bonchev–Trinajstić information content (AvgIpc) is 3.14. The van der Waals surface area contributed by atoms with Gasteiger partial charge < -0.3 is 10.0 Å². The molecule has 1 unspecified atom stereocenters. The van der Waals surface area contributed by atoms with Crippen LogP contribution in [-0.4, -0.2) is 55.2 Å². The SMILES string of the molecule is O=C(O)CCC1CCCN(C(=O)c2cccc(-n3cnnn3)c2)C1. The van der Waals surface area contributed by atoms with Gasteiger partial charge in [0, 0.05) is 25.1 Å². The maximum Gasteiger partial charge on any atom is 0.303 e. The van der Waals surface area contributed by atoms with E-state index in [-0.39, 0.29) is 18.2 Å². The molecule has 1 atom stereocenters. The summed E-state index contributed by atoms with van der Waals surface area (Å²) in [5, 5.41) is 19.8. The molecule has 0 radical (unpaired) electrons. The third-order valence-corrected chi connectivity index (χ3v) is 4.28. The van der Waals surface area contributed by atoms with Gasteiger partial charge in [-0.25, -0.2) is 4.68 Å². The zero-order valence-electron chi connectivity index (χ0n) is 13.2. The fraction of sp³-hybridized carbons (Fsp3) is 0.438. The van der Waals surface area contributed by atoms with Crippen molar-refractivity contribution in [3.05, 3.63) is 36.2 Å². The van der Waals surface area contributed by atoms with Crippen LogP contribution in [-0.2, 0) is 4.79 Å². The van der Waals surface area contributed by atoms with Crippen LogP contribution in [0.5, 0.6) is 0 Å². The molecule has 126 valence electrons. The predicted octanol–water partition coefficient (Wildman–Crippen LogP) is 1.38. The Labute approximate surface area is 139 Å². The van der Waals surface area contributed by atoms with E-state index in [1.807, 2.05) is 11.0 Å². The Morgan fingerprint density at radius 3 is 2.96 bits per heavy atom. The van der Waals surface area contributed by atoms with Crippen molar-refractivity contribution < 1.29 is 14.7 Å². The van der Waals surface area contributed by atoms with Gasteiger partial charge in [-0.3, -0.25) is 9.59 Å². The summed E-state index contributed by atoms with van der Waals surface area (Å²) >= 11 is 0. The number of piperidine rings is 1. The summed E-state index contributed by atoms with van der Waals surface area (Å²) < 4.78 is 1.50. The van der Waals surface area contributed by atoms with Crippen LogP contribution in [0, 0.1) is 5.92 Å². The number of aromatic nitrogens is 4. The summed E-state index contributed by atoms with van der Waals surface area (Å²) in [5.74, 6) is -0.570. The van der Waals surface area contributed by atoms with Gasteiger partial charge in [-0.05, 0) is 53.8 Å². The van der Waals surface area contributed by atoms with E-state index < -0.39 is 5.97 Å². The van der Waals surface area contributed by atoms with Gasteiger partial charge in [0.2, 0.25) is 0 Å². The molecule has 1 aliphatic heterocycles. The smallest absolute Gasteiger partial charge is 0.303 e. The van der Waals surface area contributed by atoms with E-state index in [4.69, 9.17) is 5.11 Å². The number of tetrazole rings is 1. The molecule has 1 saturated heterocycles. The van der Waals surface area contributed by atoms with E-state index in [1.54, 1.807) is 18.2 Å².